The van der Waals surface area contributed by atoms with Gasteiger partial charge in [-0.15, -0.1) is 0 Å². The molecule has 0 saturated heterocycles. The third kappa shape index (κ3) is 2.96. The summed E-state index contributed by atoms with van der Waals surface area (Å²) in [7, 11) is 1.84. The molecule has 0 bridgehead atoms. The molecular weight excluding hydrogens is 283 g/mol. The van der Waals surface area contributed by atoms with Crippen molar-refractivity contribution in [3.8, 4) is 0 Å². The van der Waals surface area contributed by atoms with E-state index in [-0.39, 0.29) is 0 Å². The minimum Gasteiger partial charge on any atom is -0.394 e. The highest BCUT2D eigenvalue weighted by Crippen LogP contribution is 2.32. The molecule has 1 heterocycles. The first-order chi connectivity index (χ1) is 9.02. The third-order valence-corrected chi connectivity index (χ3v) is 3.39. The second kappa shape index (κ2) is 5.72. The molecule has 0 spiro atoms. The van der Waals surface area contributed by atoms with Gasteiger partial charge >= 0.3 is 0 Å². The molecule has 1 aromatic carbocycles. The molecule has 2 rings (SSSR count). The first kappa shape index (κ1) is 14.0. The Morgan fingerprint density at radius 1 is 1.37 bits per heavy atom. The summed E-state index contributed by atoms with van der Waals surface area (Å²) >= 11 is 12.1. The summed E-state index contributed by atoms with van der Waals surface area (Å²) in [6.07, 6.45) is 1.85. The summed E-state index contributed by atoms with van der Waals surface area (Å²) in [6.45, 7) is 2.09. The quantitative estimate of drug-likeness (QED) is 0.897. The Bertz CT molecular complexity index is 593. The number of anilines is 3. The van der Waals surface area contributed by atoms with Crippen molar-refractivity contribution in [2.24, 2.45) is 7.05 Å². The number of nitrogens with zero attached hydrogens (tertiary/aromatic N) is 2. The van der Waals surface area contributed by atoms with Gasteiger partial charge in [0.05, 0.1) is 22.1 Å². The fourth-order valence-electron chi connectivity index (χ4n) is 1.89. The number of hydrogen-bond acceptors (Lipinski definition) is 3. The van der Waals surface area contributed by atoms with E-state index in [1.165, 1.54) is 0 Å². The van der Waals surface area contributed by atoms with Crippen LogP contribution in [0.25, 0.3) is 0 Å². The lowest BCUT2D eigenvalue weighted by Crippen LogP contribution is -2.01. The van der Waals surface area contributed by atoms with Crippen LogP contribution in [0.15, 0.2) is 18.2 Å². The number of nitrogens with two attached hydrogens (primary N) is 1. The topological polar surface area (TPSA) is 55.9 Å². The van der Waals surface area contributed by atoms with Crippen LogP contribution >= 0.6 is 23.2 Å². The molecule has 0 aliphatic rings. The van der Waals surface area contributed by atoms with E-state index < -0.39 is 0 Å². The number of aromatic nitrogens is 2. The molecule has 102 valence electrons. The molecular formula is C13H16Cl2N4. The van der Waals surface area contributed by atoms with Crippen LogP contribution in [0.3, 0.4) is 0 Å². The highest BCUT2D eigenvalue weighted by atomic mass is 35.5. The number of rotatable bonds is 4. The summed E-state index contributed by atoms with van der Waals surface area (Å²) < 4.78 is 1.72. The van der Waals surface area contributed by atoms with Crippen LogP contribution in [0.1, 0.15) is 19.0 Å². The Kier molecular flexibility index (Phi) is 4.22. The molecule has 0 aliphatic carbocycles. The van der Waals surface area contributed by atoms with Crippen molar-refractivity contribution in [2.45, 2.75) is 19.8 Å². The van der Waals surface area contributed by atoms with Crippen molar-refractivity contribution in [1.82, 2.24) is 9.78 Å². The van der Waals surface area contributed by atoms with E-state index in [0.29, 0.717) is 21.4 Å². The molecule has 3 N–H and O–H groups in total. The zero-order valence-corrected chi connectivity index (χ0v) is 12.4. The fraction of sp³-hybridized carbons (Fsp3) is 0.308. The van der Waals surface area contributed by atoms with Crippen molar-refractivity contribution in [3.63, 3.8) is 0 Å². The molecule has 19 heavy (non-hydrogen) atoms. The standard InChI is InChI=1S/C13H16Cl2N4/c1-3-4-10-12(16)13(19(2)18-10)17-11-7-8(14)5-6-9(11)15/h5-7,17H,3-4,16H2,1-2H3. The predicted octanol–water partition coefficient (Wildman–Crippen LogP) is 4.01. The fourth-order valence-corrected chi connectivity index (χ4v) is 2.22. The average molecular weight is 299 g/mol. The van der Waals surface area contributed by atoms with Crippen LogP contribution in [0.4, 0.5) is 17.2 Å². The van der Waals surface area contributed by atoms with E-state index >= 15 is 0 Å². The van der Waals surface area contributed by atoms with E-state index in [0.717, 1.165) is 24.4 Å². The predicted molar refractivity (Wildman–Crippen MR) is 81.4 cm³/mol. The van der Waals surface area contributed by atoms with Gasteiger partial charge in [-0.25, -0.2) is 0 Å². The molecule has 0 unspecified atom stereocenters. The number of hydrogen-bond donors (Lipinski definition) is 2. The van der Waals surface area contributed by atoms with Gasteiger partial charge < -0.3 is 11.1 Å². The van der Waals surface area contributed by atoms with Gasteiger partial charge in [-0.1, -0.05) is 36.5 Å². The van der Waals surface area contributed by atoms with Crippen molar-refractivity contribution >= 4 is 40.4 Å². The second-order valence-electron chi connectivity index (χ2n) is 4.33. The van der Waals surface area contributed by atoms with Crippen molar-refractivity contribution in [3.05, 3.63) is 33.9 Å². The van der Waals surface area contributed by atoms with Crippen LogP contribution in [0.2, 0.25) is 10.0 Å². The summed E-state index contributed by atoms with van der Waals surface area (Å²) in [6, 6.07) is 5.24. The number of halogens is 2. The Balaban J connectivity index is 2.35. The smallest absolute Gasteiger partial charge is 0.152 e. The van der Waals surface area contributed by atoms with E-state index in [1.54, 1.807) is 22.9 Å². The number of nitrogens with one attached hydrogen (secondary N) is 1. The zero-order valence-electron chi connectivity index (χ0n) is 10.9. The van der Waals surface area contributed by atoms with Gasteiger partial charge in [-0.2, -0.15) is 5.10 Å². The Labute approximate surface area is 122 Å². The van der Waals surface area contributed by atoms with Gasteiger partial charge in [-0.3, -0.25) is 4.68 Å². The molecule has 0 saturated carbocycles. The zero-order chi connectivity index (χ0) is 14.0. The molecule has 2 aromatic rings. The maximum Gasteiger partial charge on any atom is 0.152 e. The van der Waals surface area contributed by atoms with E-state index in [4.69, 9.17) is 28.9 Å². The van der Waals surface area contributed by atoms with Crippen LogP contribution in [0, 0.1) is 0 Å². The lowest BCUT2D eigenvalue weighted by Gasteiger charge is -2.09. The van der Waals surface area contributed by atoms with Gasteiger partial charge in [0.1, 0.15) is 0 Å². The van der Waals surface area contributed by atoms with Crippen LogP contribution in [0.5, 0.6) is 0 Å². The Morgan fingerprint density at radius 2 is 2.11 bits per heavy atom. The maximum absolute atomic E-state index is 6.13. The second-order valence-corrected chi connectivity index (χ2v) is 5.18. The number of nitrogen functional groups attached to an aromatic ring is 1. The highest BCUT2D eigenvalue weighted by molar-refractivity contribution is 6.35. The van der Waals surface area contributed by atoms with Gasteiger partial charge in [0.2, 0.25) is 0 Å². The molecule has 6 heteroatoms. The van der Waals surface area contributed by atoms with E-state index in [2.05, 4.69) is 17.3 Å². The SMILES string of the molecule is CCCc1nn(C)c(Nc2cc(Cl)ccc2Cl)c1N. The Hall–Kier alpha value is -1.39. The minimum atomic E-state index is 0.585. The lowest BCUT2D eigenvalue weighted by molar-refractivity contribution is 0.740. The van der Waals surface area contributed by atoms with Crippen LogP contribution in [-0.2, 0) is 13.5 Å². The number of aryl methyl sites for hydroxylation is 2. The largest absolute Gasteiger partial charge is 0.394 e. The monoisotopic (exact) mass is 298 g/mol. The molecule has 0 aliphatic heterocycles. The van der Waals surface area contributed by atoms with Crippen molar-refractivity contribution in [2.75, 3.05) is 11.1 Å². The highest BCUT2D eigenvalue weighted by Gasteiger charge is 2.14. The number of benzene rings is 1. The molecule has 4 nitrogen and oxygen atoms in total. The molecule has 0 amide bonds. The summed E-state index contributed by atoms with van der Waals surface area (Å²) in [4.78, 5) is 0. The molecule has 0 fully saturated rings. The average Bonchev–Trinajstić information content (AvgIpc) is 2.62. The molecule has 0 atom stereocenters. The van der Waals surface area contributed by atoms with Gasteiger partial charge in [0, 0.05) is 12.1 Å². The minimum absolute atomic E-state index is 0.585. The van der Waals surface area contributed by atoms with Crippen molar-refractivity contribution < 1.29 is 0 Å². The van der Waals surface area contributed by atoms with Gasteiger partial charge in [0.25, 0.3) is 0 Å². The molecule has 1 aromatic heterocycles. The lowest BCUT2D eigenvalue weighted by atomic mass is 10.2. The summed E-state index contributed by atoms with van der Waals surface area (Å²) in [5.41, 5.74) is 8.37. The Morgan fingerprint density at radius 3 is 2.79 bits per heavy atom. The summed E-state index contributed by atoms with van der Waals surface area (Å²) in [5.74, 6) is 0.729. The first-order valence-electron chi connectivity index (χ1n) is 6.06. The van der Waals surface area contributed by atoms with Crippen LogP contribution < -0.4 is 11.1 Å². The van der Waals surface area contributed by atoms with E-state index in [1.807, 2.05) is 7.05 Å². The maximum atomic E-state index is 6.13. The third-order valence-electron chi connectivity index (χ3n) is 2.83. The first-order valence-corrected chi connectivity index (χ1v) is 6.82. The van der Waals surface area contributed by atoms with E-state index in [9.17, 15) is 0 Å². The normalized spacial score (nSPS) is 10.7. The van der Waals surface area contributed by atoms with Gasteiger partial charge in [-0.05, 0) is 24.6 Å². The van der Waals surface area contributed by atoms with Crippen molar-refractivity contribution in [1.29, 1.82) is 0 Å². The van der Waals surface area contributed by atoms with Gasteiger partial charge in [0.15, 0.2) is 5.82 Å². The van der Waals surface area contributed by atoms with Crippen LogP contribution in [-0.4, -0.2) is 9.78 Å². The summed E-state index contributed by atoms with van der Waals surface area (Å²) in [5, 5.41) is 8.79. The molecule has 0 radical (unpaired) electrons.